The molecule has 0 fully saturated rings. The van der Waals surface area contributed by atoms with Gasteiger partial charge in [-0.2, -0.15) is 0 Å². The van der Waals surface area contributed by atoms with Gasteiger partial charge in [0.1, 0.15) is 5.69 Å². The van der Waals surface area contributed by atoms with Crippen LogP contribution in [0.3, 0.4) is 0 Å². The van der Waals surface area contributed by atoms with Crippen molar-refractivity contribution in [2.24, 2.45) is 5.84 Å². The first-order valence-electron chi connectivity index (χ1n) is 5.39. The molecule has 19 heavy (non-hydrogen) atoms. The fraction of sp³-hybridized carbons (Fsp3) is 0. The molecule has 0 unspecified atom stereocenters. The van der Waals surface area contributed by atoms with E-state index in [0.717, 1.165) is 5.01 Å². The van der Waals surface area contributed by atoms with Crippen molar-refractivity contribution in [2.75, 3.05) is 5.01 Å². The summed E-state index contributed by atoms with van der Waals surface area (Å²) in [6.07, 6.45) is 1.56. The van der Waals surface area contributed by atoms with E-state index in [4.69, 9.17) is 11.3 Å². The third-order valence-corrected chi connectivity index (χ3v) is 2.49. The monoisotopic (exact) mass is 257 g/mol. The molecule has 1 aromatic heterocycles. The van der Waals surface area contributed by atoms with Crippen LogP contribution < -0.4 is 10.9 Å². The van der Waals surface area contributed by atoms with Crippen LogP contribution in [-0.2, 0) is 0 Å². The van der Waals surface area contributed by atoms with Crippen molar-refractivity contribution in [1.29, 1.82) is 5.41 Å². The highest BCUT2D eigenvalue weighted by Crippen LogP contribution is 2.18. The molecule has 7 heteroatoms. The van der Waals surface area contributed by atoms with Crippen LogP contribution in [0.15, 0.2) is 48.7 Å². The zero-order valence-electron chi connectivity index (χ0n) is 9.85. The summed E-state index contributed by atoms with van der Waals surface area (Å²) in [7, 11) is 0. The third kappa shape index (κ3) is 2.72. The lowest BCUT2D eigenvalue weighted by Gasteiger charge is -2.18. The number of pyridine rings is 1. The second-order valence-electron chi connectivity index (χ2n) is 3.71. The topological polar surface area (TPSA) is 109 Å². The SMILES string of the molecule is N=C(c1ccccn1)N(N)c1ccc([N+](=O)[O-])cc1. The summed E-state index contributed by atoms with van der Waals surface area (Å²) in [5.41, 5.74) is 0.867. The predicted molar refractivity (Wildman–Crippen MR) is 70.8 cm³/mol. The van der Waals surface area contributed by atoms with Gasteiger partial charge in [-0.1, -0.05) is 6.07 Å². The maximum Gasteiger partial charge on any atom is 0.269 e. The van der Waals surface area contributed by atoms with Crippen molar-refractivity contribution in [3.8, 4) is 0 Å². The summed E-state index contributed by atoms with van der Waals surface area (Å²) < 4.78 is 0. The summed E-state index contributed by atoms with van der Waals surface area (Å²) in [4.78, 5) is 14.1. The van der Waals surface area contributed by atoms with Gasteiger partial charge in [-0.25, -0.2) is 5.84 Å². The van der Waals surface area contributed by atoms with Crippen LogP contribution in [0.2, 0.25) is 0 Å². The summed E-state index contributed by atoms with van der Waals surface area (Å²) in [5.74, 6) is 5.80. The van der Waals surface area contributed by atoms with Crippen molar-refractivity contribution in [3.63, 3.8) is 0 Å². The van der Waals surface area contributed by atoms with Crippen LogP contribution in [0.5, 0.6) is 0 Å². The highest BCUT2D eigenvalue weighted by molar-refractivity contribution is 6.05. The first-order valence-corrected chi connectivity index (χ1v) is 5.39. The van der Waals surface area contributed by atoms with Crippen LogP contribution >= 0.6 is 0 Å². The molecule has 0 bridgehead atoms. The maximum atomic E-state index is 10.5. The van der Waals surface area contributed by atoms with E-state index in [1.807, 2.05) is 0 Å². The number of amidine groups is 1. The number of hydrazine groups is 1. The molecule has 2 aromatic rings. The molecule has 0 saturated heterocycles. The van der Waals surface area contributed by atoms with E-state index < -0.39 is 4.92 Å². The number of benzene rings is 1. The quantitative estimate of drug-likeness (QED) is 0.286. The molecule has 7 nitrogen and oxygen atoms in total. The van der Waals surface area contributed by atoms with Gasteiger partial charge in [-0.15, -0.1) is 0 Å². The number of nitrogens with two attached hydrogens (primary N) is 1. The Morgan fingerprint density at radius 1 is 1.26 bits per heavy atom. The normalized spacial score (nSPS) is 9.95. The van der Waals surface area contributed by atoms with Gasteiger partial charge in [0.15, 0.2) is 5.84 Å². The maximum absolute atomic E-state index is 10.5. The highest BCUT2D eigenvalue weighted by Gasteiger charge is 2.12. The minimum Gasteiger partial charge on any atom is -0.281 e. The van der Waals surface area contributed by atoms with Crippen LogP contribution in [0, 0.1) is 15.5 Å². The van der Waals surface area contributed by atoms with Gasteiger partial charge < -0.3 is 0 Å². The molecule has 0 saturated carbocycles. The predicted octanol–water partition coefficient (Wildman–Crippen LogP) is 1.70. The first-order chi connectivity index (χ1) is 9.09. The lowest BCUT2D eigenvalue weighted by atomic mass is 10.2. The number of non-ortho nitro benzene ring substituents is 1. The summed E-state index contributed by atoms with van der Waals surface area (Å²) in [6.45, 7) is 0. The van der Waals surface area contributed by atoms with Crippen molar-refractivity contribution in [2.45, 2.75) is 0 Å². The first kappa shape index (κ1) is 12.7. The minimum atomic E-state index is -0.491. The number of hydrogen-bond donors (Lipinski definition) is 2. The number of nitro benzene ring substituents is 1. The molecule has 1 heterocycles. The average Bonchev–Trinajstić information content (AvgIpc) is 2.46. The lowest BCUT2D eigenvalue weighted by Crippen LogP contribution is -2.37. The lowest BCUT2D eigenvalue weighted by molar-refractivity contribution is -0.384. The van der Waals surface area contributed by atoms with E-state index in [0.29, 0.717) is 11.4 Å². The molecule has 0 amide bonds. The molecular weight excluding hydrogens is 246 g/mol. The summed E-state index contributed by atoms with van der Waals surface area (Å²) >= 11 is 0. The molecule has 2 rings (SSSR count). The Kier molecular flexibility index (Phi) is 3.48. The van der Waals surface area contributed by atoms with E-state index >= 15 is 0 Å². The average molecular weight is 257 g/mol. The molecule has 0 radical (unpaired) electrons. The van der Waals surface area contributed by atoms with Crippen LogP contribution in [0.1, 0.15) is 5.69 Å². The molecule has 96 valence electrons. The molecule has 1 aromatic carbocycles. The standard InChI is InChI=1S/C12H11N5O2/c13-12(11-3-1-2-8-15-11)16(14)9-4-6-10(7-5-9)17(18)19/h1-8,13H,14H2. The van der Waals surface area contributed by atoms with Gasteiger partial charge in [0, 0.05) is 18.3 Å². The van der Waals surface area contributed by atoms with Gasteiger partial charge >= 0.3 is 0 Å². The molecule has 0 aliphatic rings. The number of anilines is 1. The number of rotatable bonds is 3. The fourth-order valence-electron chi connectivity index (χ4n) is 1.49. The Bertz CT molecular complexity index is 597. The highest BCUT2D eigenvalue weighted by atomic mass is 16.6. The van der Waals surface area contributed by atoms with Crippen molar-refractivity contribution < 1.29 is 4.92 Å². The van der Waals surface area contributed by atoms with Crippen LogP contribution in [-0.4, -0.2) is 15.7 Å². The molecular formula is C12H11N5O2. The van der Waals surface area contributed by atoms with Crippen molar-refractivity contribution in [1.82, 2.24) is 4.98 Å². The Labute approximate surface area is 108 Å². The van der Waals surface area contributed by atoms with E-state index in [-0.39, 0.29) is 11.5 Å². The molecule has 0 spiro atoms. The number of nitro groups is 1. The van der Waals surface area contributed by atoms with E-state index in [9.17, 15) is 10.1 Å². The minimum absolute atomic E-state index is 0.00875. The van der Waals surface area contributed by atoms with Gasteiger partial charge in [0.2, 0.25) is 0 Å². The smallest absolute Gasteiger partial charge is 0.269 e. The van der Waals surface area contributed by atoms with Crippen molar-refractivity contribution in [3.05, 3.63) is 64.5 Å². The Balaban J connectivity index is 2.22. The summed E-state index contributed by atoms with van der Waals surface area (Å²) in [5, 5.41) is 19.6. The zero-order chi connectivity index (χ0) is 13.8. The van der Waals surface area contributed by atoms with Gasteiger partial charge in [-0.05, 0) is 24.3 Å². The second kappa shape index (κ2) is 5.23. The van der Waals surface area contributed by atoms with E-state index in [1.165, 1.54) is 24.3 Å². The number of aromatic nitrogens is 1. The van der Waals surface area contributed by atoms with E-state index in [2.05, 4.69) is 4.98 Å². The Morgan fingerprint density at radius 3 is 2.47 bits per heavy atom. The largest absolute Gasteiger partial charge is 0.281 e. The van der Waals surface area contributed by atoms with Crippen LogP contribution in [0.25, 0.3) is 0 Å². The molecule has 3 N–H and O–H groups in total. The summed E-state index contributed by atoms with van der Waals surface area (Å²) in [6, 6.07) is 10.8. The van der Waals surface area contributed by atoms with E-state index in [1.54, 1.807) is 24.4 Å². The van der Waals surface area contributed by atoms with Crippen molar-refractivity contribution >= 4 is 17.2 Å². The van der Waals surface area contributed by atoms with Gasteiger partial charge in [-0.3, -0.25) is 25.5 Å². The second-order valence-corrected chi connectivity index (χ2v) is 3.71. The number of hydrogen-bond acceptors (Lipinski definition) is 5. The van der Waals surface area contributed by atoms with Crippen LogP contribution in [0.4, 0.5) is 11.4 Å². The molecule has 0 aliphatic carbocycles. The number of nitrogens with zero attached hydrogens (tertiary/aromatic N) is 3. The third-order valence-electron chi connectivity index (χ3n) is 2.49. The van der Waals surface area contributed by atoms with Gasteiger partial charge in [0.25, 0.3) is 5.69 Å². The molecule has 0 atom stereocenters. The number of nitrogens with one attached hydrogen (secondary N) is 1. The Hall–Kier alpha value is -2.80. The van der Waals surface area contributed by atoms with Gasteiger partial charge in [0.05, 0.1) is 10.6 Å². The molecule has 0 aliphatic heterocycles. The zero-order valence-corrected chi connectivity index (χ0v) is 9.85. The Morgan fingerprint density at radius 2 is 1.95 bits per heavy atom. The fourth-order valence-corrected chi connectivity index (χ4v) is 1.49.